The molecule has 0 aliphatic carbocycles. The average molecular weight is 266 g/mol. The molecule has 19 heavy (non-hydrogen) atoms. The van der Waals surface area contributed by atoms with Crippen molar-refractivity contribution in [3.05, 3.63) is 65.0 Å². The van der Waals surface area contributed by atoms with Crippen LogP contribution in [0.4, 0.5) is 5.69 Å². The molecular weight excluding hydrogens is 252 g/mol. The first-order valence-electron chi connectivity index (χ1n) is 6.10. The predicted octanol–water partition coefficient (Wildman–Crippen LogP) is 4.28. The minimum Gasteiger partial charge on any atom is -0.320 e. The Morgan fingerprint density at radius 3 is 2.42 bits per heavy atom. The molecule has 94 valence electrons. The van der Waals surface area contributed by atoms with Crippen LogP contribution in [0.3, 0.4) is 0 Å². The Bertz CT molecular complexity index is 716. The molecule has 0 bridgehead atoms. The normalized spacial score (nSPS) is 12.5. The number of thiophene rings is 1. The van der Waals surface area contributed by atoms with Gasteiger partial charge in [-0.3, -0.25) is 4.99 Å². The predicted molar refractivity (Wildman–Crippen MR) is 83.5 cm³/mol. The van der Waals surface area contributed by atoms with Gasteiger partial charge in [-0.1, -0.05) is 48.5 Å². The molecule has 1 atom stereocenters. The fourth-order valence-corrected chi connectivity index (χ4v) is 3.43. The van der Waals surface area contributed by atoms with Crippen molar-refractivity contribution in [3.8, 4) is 0 Å². The van der Waals surface area contributed by atoms with Crippen LogP contribution in [0.1, 0.15) is 16.5 Å². The summed E-state index contributed by atoms with van der Waals surface area (Å²) in [4.78, 5) is 5.26. The molecule has 2 nitrogen and oxygen atoms in total. The zero-order valence-electron chi connectivity index (χ0n) is 10.4. The van der Waals surface area contributed by atoms with Crippen LogP contribution in [-0.4, -0.2) is 6.72 Å². The van der Waals surface area contributed by atoms with Gasteiger partial charge in [0.25, 0.3) is 0 Å². The summed E-state index contributed by atoms with van der Waals surface area (Å²) in [6.07, 6.45) is 0. The van der Waals surface area contributed by atoms with Gasteiger partial charge < -0.3 is 5.73 Å². The van der Waals surface area contributed by atoms with Gasteiger partial charge in [-0.15, -0.1) is 11.3 Å². The van der Waals surface area contributed by atoms with Crippen molar-refractivity contribution in [3.63, 3.8) is 0 Å². The van der Waals surface area contributed by atoms with Gasteiger partial charge in [0, 0.05) is 10.1 Å². The Hall–Kier alpha value is -1.97. The molecule has 3 aromatic rings. The minimum atomic E-state index is -0.154. The lowest BCUT2D eigenvalue weighted by molar-refractivity contribution is 0.894. The van der Waals surface area contributed by atoms with Crippen LogP contribution in [0.2, 0.25) is 0 Å². The molecule has 1 aromatic heterocycles. The third kappa shape index (κ3) is 2.07. The Morgan fingerprint density at radius 1 is 1.00 bits per heavy atom. The lowest BCUT2D eigenvalue weighted by Crippen LogP contribution is -2.10. The molecule has 0 spiro atoms. The number of fused-ring (bicyclic) bond motifs is 1. The summed E-state index contributed by atoms with van der Waals surface area (Å²) in [5, 5.41) is 1.13. The van der Waals surface area contributed by atoms with Crippen molar-refractivity contribution < 1.29 is 0 Å². The third-order valence-electron chi connectivity index (χ3n) is 3.19. The van der Waals surface area contributed by atoms with E-state index in [0.717, 1.165) is 21.5 Å². The number of benzene rings is 2. The Morgan fingerprint density at radius 2 is 1.68 bits per heavy atom. The first-order chi connectivity index (χ1) is 9.31. The van der Waals surface area contributed by atoms with Gasteiger partial charge in [-0.2, -0.15) is 0 Å². The van der Waals surface area contributed by atoms with Crippen molar-refractivity contribution in [2.45, 2.75) is 6.04 Å². The summed E-state index contributed by atoms with van der Waals surface area (Å²) < 4.78 is 1.20. The lowest BCUT2D eigenvalue weighted by atomic mass is 10.0. The zero-order valence-corrected chi connectivity index (χ0v) is 11.2. The van der Waals surface area contributed by atoms with Crippen LogP contribution in [0.25, 0.3) is 10.1 Å². The van der Waals surface area contributed by atoms with E-state index in [1.165, 1.54) is 4.70 Å². The van der Waals surface area contributed by atoms with E-state index in [-0.39, 0.29) is 6.04 Å². The van der Waals surface area contributed by atoms with Crippen molar-refractivity contribution >= 4 is 33.8 Å². The molecule has 0 radical (unpaired) electrons. The van der Waals surface area contributed by atoms with E-state index in [1.54, 1.807) is 11.3 Å². The molecule has 0 amide bonds. The molecular formula is C16H14N2S. The number of aliphatic imine (C=N–C) groups is 1. The smallest absolute Gasteiger partial charge is 0.0859 e. The van der Waals surface area contributed by atoms with Crippen LogP contribution in [0, 0.1) is 0 Å². The second kappa shape index (κ2) is 4.96. The summed E-state index contributed by atoms with van der Waals surface area (Å²) in [5.74, 6) is 0. The van der Waals surface area contributed by atoms with Gasteiger partial charge in [-0.25, -0.2) is 0 Å². The van der Waals surface area contributed by atoms with E-state index < -0.39 is 0 Å². The van der Waals surface area contributed by atoms with E-state index in [2.05, 4.69) is 23.8 Å². The average Bonchev–Trinajstić information content (AvgIpc) is 2.85. The van der Waals surface area contributed by atoms with Gasteiger partial charge >= 0.3 is 0 Å². The Labute approximate surface area is 116 Å². The number of nitrogens with zero attached hydrogens (tertiary/aromatic N) is 1. The molecule has 3 rings (SSSR count). The summed E-state index contributed by atoms with van der Waals surface area (Å²) in [7, 11) is 0. The van der Waals surface area contributed by atoms with Crippen molar-refractivity contribution in [2.75, 3.05) is 0 Å². The summed E-state index contributed by atoms with van der Waals surface area (Å²) in [6.45, 7) is 3.69. The van der Waals surface area contributed by atoms with Gasteiger partial charge in [0.2, 0.25) is 0 Å². The molecule has 1 unspecified atom stereocenters. The topological polar surface area (TPSA) is 38.4 Å². The van der Waals surface area contributed by atoms with Gasteiger partial charge in [0.05, 0.1) is 16.6 Å². The second-order valence-electron chi connectivity index (χ2n) is 4.36. The maximum Gasteiger partial charge on any atom is 0.0859 e. The zero-order chi connectivity index (χ0) is 13.2. The molecule has 1 heterocycles. The number of hydrogen-bond acceptors (Lipinski definition) is 3. The molecule has 2 N–H and O–H groups in total. The molecule has 3 heteroatoms. The van der Waals surface area contributed by atoms with Crippen molar-refractivity contribution in [1.82, 2.24) is 0 Å². The van der Waals surface area contributed by atoms with Crippen LogP contribution in [0.15, 0.2) is 59.6 Å². The number of nitrogens with two attached hydrogens (primary N) is 1. The molecule has 0 aliphatic heterocycles. The highest BCUT2D eigenvalue weighted by molar-refractivity contribution is 7.19. The summed E-state index contributed by atoms with van der Waals surface area (Å²) >= 11 is 1.69. The number of rotatable bonds is 3. The molecule has 0 aliphatic rings. The third-order valence-corrected chi connectivity index (χ3v) is 4.44. The molecule has 0 fully saturated rings. The number of hydrogen-bond donors (Lipinski definition) is 1. The fraction of sp³-hybridized carbons (Fsp3) is 0.0625. The second-order valence-corrected chi connectivity index (χ2v) is 5.44. The fourth-order valence-electron chi connectivity index (χ4n) is 2.24. The minimum absolute atomic E-state index is 0.154. The maximum atomic E-state index is 6.38. The van der Waals surface area contributed by atoms with E-state index in [4.69, 9.17) is 5.73 Å². The Kier molecular flexibility index (Phi) is 3.15. The van der Waals surface area contributed by atoms with E-state index in [9.17, 15) is 0 Å². The SMILES string of the molecule is C=Nc1c(C(N)c2ccccc2)sc2ccccc12. The summed E-state index contributed by atoms with van der Waals surface area (Å²) in [6, 6.07) is 18.1. The maximum absolute atomic E-state index is 6.38. The van der Waals surface area contributed by atoms with Crippen LogP contribution in [0.5, 0.6) is 0 Å². The van der Waals surface area contributed by atoms with E-state index in [1.807, 2.05) is 42.5 Å². The van der Waals surface area contributed by atoms with Gasteiger partial charge in [0.1, 0.15) is 0 Å². The lowest BCUT2D eigenvalue weighted by Gasteiger charge is -2.10. The van der Waals surface area contributed by atoms with Crippen LogP contribution < -0.4 is 5.73 Å². The highest BCUT2D eigenvalue weighted by Gasteiger charge is 2.18. The van der Waals surface area contributed by atoms with E-state index in [0.29, 0.717) is 0 Å². The van der Waals surface area contributed by atoms with Gasteiger partial charge in [-0.05, 0) is 18.3 Å². The van der Waals surface area contributed by atoms with Crippen LogP contribution in [-0.2, 0) is 0 Å². The van der Waals surface area contributed by atoms with Crippen molar-refractivity contribution in [2.24, 2.45) is 10.7 Å². The highest BCUT2D eigenvalue weighted by Crippen LogP contribution is 2.42. The molecule has 0 saturated heterocycles. The first kappa shape index (κ1) is 12.1. The summed E-state index contributed by atoms with van der Waals surface area (Å²) in [5.41, 5.74) is 8.39. The first-order valence-corrected chi connectivity index (χ1v) is 6.91. The quantitative estimate of drug-likeness (QED) is 0.706. The Balaban J connectivity index is 2.17. The standard InChI is InChI=1S/C16H14N2S/c1-18-15-12-9-5-6-10-13(12)19-16(15)14(17)11-7-3-2-4-8-11/h2-10,14H,1,17H2. The largest absolute Gasteiger partial charge is 0.320 e. The van der Waals surface area contributed by atoms with Gasteiger partial charge in [0.15, 0.2) is 0 Å². The molecule has 2 aromatic carbocycles. The monoisotopic (exact) mass is 266 g/mol. The molecule has 0 saturated carbocycles. The van der Waals surface area contributed by atoms with Crippen LogP contribution >= 0.6 is 11.3 Å². The van der Waals surface area contributed by atoms with Crippen molar-refractivity contribution in [1.29, 1.82) is 0 Å². The highest BCUT2D eigenvalue weighted by atomic mass is 32.1. The van der Waals surface area contributed by atoms with E-state index >= 15 is 0 Å².